The standard InChI is InChI=1S/C11H15FN2OS/c1-14(4-5-15)7-9-3-2-8(11(13)16)6-10(9)12/h2-3,6,15H,4-5,7H2,1H3,(H2,13,16). The number of thiocarbonyl (C=S) groups is 1. The number of likely N-dealkylation sites (N-methyl/N-ethyl adjacent to an activating group) is 1. The Morgan fingerprint density at radius 1 is 1.56 bits per heavy atom. The molecule has 1 rings (SSSR count). The zero-order chi connectivity index (χ0) is 12.1. The van der Waals surface area contributed by atoms with Gasteiger partial charge in [0.25, 0.3) is 0 Å². The summed E-state index contributed by atoms with van der Waals surface area (Å²) < 4.78 is 13.6. The van der Waals surface area contributed by atoms with Crippen LogP contribution in [0, 0.1) is 5.82 Å². The number of aliphatic hydroxyl groups is 1. The van der Waals surface area contributed by atoms with Gasteiger partial charge in [-0.25, -0.2) is 4.39 Å². The van der Waals surface area contributed by atoms with Crippen molar-refractivity contribution in [2.24, 2.45) is 5.73 Å². The van der Waals surface area contributed by atoms with E-state index in [0.717, 1.165) is 0 Å². The van der Waals surface area contributed by atoms with Crippen LogP contribution in [0.4, 0.5) is 4.39 Å². The molecule has 0 aliphatic carbocycles. The number of hydrogen-bond donors (Lipinski definition) is 2. The molecule has 5 heteroatoms. The second kappa shape index (κ2) is 5.89. The highest BCUT2D eigenvalue weighted by atomic mass is 32.1. The first-order chi connectivity index (χ1) is 7.54. The molecule has 16 heavy (non-hydrogen) atoms. The van der Waals surface area contributed by atoms with E-state index in [1.54, 1.807) is 12.1 Å². The van der Waals surface area contributed by atoms with Crippen LogP contribution in [0.2, 0.25) is 0 Å². The molecule has 0 bridgehead atoms. The quantitative estimate of drug-likeness (QED) is 0.753. The van der Waals surface area contributed by atoms with Gasteiger partial charge in [0.2, 0.25) is 0 Å². The zero-order valence-corrected chi connectivity index (χ0v) is 9.93. The van der Waals surface area contributed by atoms with Crippen molar-refractivity contribution < 1.29 is 9.50 Å². The lowest BCUT2D eigenvalue weighted by atomic mass is 10.1. The number of nitrogens with zero attached hydrogens (tertiary/aromatic N) is 1. The molecule has 0 atom stereocenters. The van der Waals surface area contributed by atoms with Crippen LogP contribution in [0.5, 0.6) is 0 Å². The molecule has 3 nitrogen and oxygen atoms in total. The largest absolute Gasteiger partial charge is 0.395 e. The first-order valence-corrected chi connectivity index (χ1v) is 5.33. The number of hydrogen-bond acceptors (Lipinski definition) is 3. The molecule has 1 aromatic rings. The van der Waals surface area contributed by atoms with Crippen LogP contribution < -0.4 is 5.73 Å². The summed E-state index contributed by atoms with van der Waals surface area (Å²) in [4.78, 5) is 2.02. The summed E-state index contributed by atoms with van der Waals surface area (Å²) in [7, 11) is 1.82. The molecule has 0 spiro atoms. The number of halogens is 1. The fraction of sp³-hybridized carbons (Fsp3) is 0.364. The zero-order valence-electron chi connectivity index (χ0n) is 9.11. The Bertz CT molecular complexity index is 384. The minimum Gasteiger partial charge on any atom is -0.395 e. The minimum atomic E-state index is -0.324. The van der Waals surface area contributed by atoms with Crippen molar-refractivity contribution >= 4 is 17.2 Å². The van der Waals surface area contributed by atoms with Gasteiger partial charge in [-0.1, -0.05) is 24.4 Å². The predicted octanol–water partition coefficient (Wildman–Crippen LogP) is 0.884. The first-order valence-electron chi connectivity index (χ1n) is 4.92. The second-order valence-electron chi connectivity index (χ2n) is 3.63. The maximum Gasteiger partial charge on any atom is 0.128 e. The number of rotatable bonds is 5. The Morgan fingerprint density at radius 2 is 2.25 bits per heavy atom. The number of aliphatic hydroxyl groups excluding tert-OH is 1. The third-order valence-electron chi connectivity index (χ3n) is 2.26. The molecule has 0 amide bonds. The van der Waals surface area contributed by atoms with Crippen LogP contribution in [-0.2, 0) is 6.54 Å². The number of nitrogens with two attached hydrogens (primary N) is 1. The van der Waals surface area contributed by atoms with E-state index in [2.05, 4.69) is 0 Å². The highest BCUT2D eigenvalue weighted by Gasteiger charge is 2.07. The number of benzene rings is 1. The molecule has 88 valence electrons. The van der Waals surface area contributed by atoms with Crippen molar-refractivity contribution in [1.29, 1.82) is 0 Å². The van der Waals surface area contributed by atoms with Gasteiger partial charge >= 0.3 is 0 Å². The van der Waals surface area contributed by atoms with Crippen molar-refractivity contribution in [2.75, 3.05) is 20.2 Å². The summed E-state index contributed by atoms with van der Waals surface area (Å²) in [5.74, 6) is -0.324. The van der Waals surface area contributed by atoms with Crippen molar-refractivity contribution in [3.63, 3.8) is 0 Å². The van der Waals surface area contributed by atoms with E-state index in [1.807, 2.05) is 11.9 Å². The van der Waals surface area contributed by atoms with Crippen LogP contribution >= 0.6 is 12.2 Å². The fourth-order valence-corrected chi connectivity index (χ4v) is 1.50. The van der Waals surface area contributed by atoms with Crippen LogP contribution in [0.1, 0.15) is 11.1 Å². The van der Waals surface area contributed by atoms with Crippen molar-refractivity contribution in [1.82, 2.24) is 4.90 Å². The normalized spacial score (nSPS) is 10.8. The monoisotopic (exact) mass is 242 g/mol. The Kier molecular flexibility index (Phi) is 4.79. The third-order valence-corrected chi connectivity index (χ3v) is 2.50. The Labute approximate surface area is 99.7 Å². The maximum atomic E-state index is 13.6. The molecule has 0 aromatic heterocycles. The molecule has 0 fully saturated rings. The summed E-state index contributed by atoms with van der Waals surface area (Å²) in [6.45, 7) is 1.02. The van der Waals surface area contributed by atoms with Gasteiger partial charge in [-0.05, 0) is 13.1 Å². The van der Waals surface area contributed by atoms with Gasteiger partial charge in [0.05, 0.1) is 6.61 Å². The lowest BCUT2D eigenvalue weighted by Gasteiger charge is -2.15. The molecule has 3 N–H and O–H groups in total. The Balaban J connectivity index is 2.79. The van der Waals surface area contributed by atoms with Gasteiger partial charge in [-0.3, -0.25) is 4.90 Å². The molecular formula is C11H15FN2OS. The van der Waals surface area contributed by atoms with Crippen molar-refractivity contribution in [3.8, 4) is 0 Å². The third kappa shape index (κ3) is 3.52. The van der Waals surface area contributed by atoms with Gasteiger partial charge in [0.1, 0.15) is 10.8 Å². The molecule has 0 unspecified atom stereocenters. The van der Waals surface area contributed by atoms with E-state index < -0.39 is 0 Å². The molecule has 0 heterocycles. The molecule has 1 aromatic carbocycles. The first kappa shape index (κ1) is 13.0. The lowest BCUT2D eigenvalue weighted by Crippen LogP contribution is -2.22. The molecule has 0 radical (unpaired) electrons. The van der Waals surface area contributed by atoms with Crippen molar-refractivity contribution in [2.45, 2.75) is 6.54 Å². The van der Waals surface area contributed by atoms with Gasteiger partial charge in [-0.15, -0.1) is 0 Å². The van der Waals surface area contributed by atoms with E-state index in [9.17, 15) is 4.39 Å². The van der Waals surface area contributed by atoms with E-state index in [1.165, 1.54) is 6.07 Å². The topological polar surface area (TPSA) is 49.5 Å². The summed E-state index contributed by atoms with van der Waals surface area (Å²) in [5, 5.41) is 8.73. The highest BCUT2D eigenvalue weighted by Crippen LogP contribution is 2.12. The van der Waals surface area contributed by atoms with E-state index >= 15 is 0 Å². The highest BCUT2D eigenvalue weighted by molar-refractivity contribution is 7.80. The van der Waals surface area contributed by atoms with Gasteiger partial charge < -0.3 is 10.8 Å². The predicted molar refractivity (Wildman–Crippen MR) is 65.7 cm³/mol. The van der Waals surface area contributed by atoms with Crippen molar-refractivity contribution in [3.05, 3.63) is 35.1 Å². The molecule has 0 aliphatic rings. The van der Waals surface area contributed by atoms with Gasteiger partial charge in [0.15, 0.2) is 0 Å². The summed E-state index contributed by atoms with van der Waals surface area (Å²) in [5.41, 5.74) is 6.50. The SMILES string of the molecule is CN(CCO)Cc1ccc(C(N)=S)cc1F. The summed E-state index contributed by atoms with van der Waals surface area (Å²) in [6, 6.07) is 4.70. The summed E-state index contributed by atoms with van der Waals surface area (Å²) >= 11 is 4.76. The molecular weight excluding hydrogens is 227 g/mol. The van der Waals surface area contributed by atoms with Crippen LogP contribution in [0.15, 0.2) is 18.2 Å². The van der Waals surface area contributed by atoms with Crippen LogP contribution in [-0.4, -0.2) is 35.2 Å². The fourth-order valence-electron chi connectivity index (χ4n) is 1.37. The van der Waals surface area contributed by atoms with E-state index in [-0.39, 0.29) is 17.4 Å². The van der Waals surface area contributed by atoms with Gasteiger partial charge in [0, 0.05) is 24.2 Å². The molecule has 0 aliphatic heterocycles. The van der Waals surface area contributed by atoms with E-state index in [4.69, 9.17) is 23.1 Å². The molecule has 0 saturated carbocycles. The Morgan fingerprint density at radius 3 is 2.75 bits per heavy atom. The van der Waals surface area contributed by atoms with E-state index in [0.29, 0.717) is 24.2 Å². The summed E-state index contributed by atoms with van der Waals surface area (Å²) in [6.07, 6.45) is 0. The lowest BCUT2D eigenvalue weighted by molar-refractivity contribution is 0.216. The smallest absolute Gasteiger partial charge is 0.128 e. The maximum absolute atomic E-state index is 13.6. The Hall–Kier alpha value is -1.04. The van der Waals surface area contributed by atoms with Crippen LogP contribution in [0.3, 0.4) is 0 Å². The average molecular weight is 242 g/mol. The molecule has 0 saturated heterocycles. The minimum absolute atomic E-state index is 0.0586. The average Bonchev–Trinajstić information content (AvgIpc) is 2.21. The second-order valence-corrected chi connectivity index (χ2v) is 4.07. The van der Waals surface area contributed by atoms with Gasteiger partial charge in [-0.2, -0.15) is 0 Å². The van der Waals surface area contributed by atoms with Crippen LogP contribution in [0.25, 0.3) is 0 Å².